The normalized spacial score (nSPS) is 9.40. The van der Waals surface area contributed by atoms with Crippen LogP contribution < -0.4 is 154 Å². The fourth-order valence-corrected chi connectivity index (χ4v) is 0.0781. The van der Waals surface area contributed by atoms with Crippen LogP contribution in [-0.2, 0) is 4.79 Å². The van der Waals surface area contributed by atoms with E-state index in [4.69, 9.17) is 15.3 Å². The van der Waals surface area contributed by atoms with Crippen molar-refractivity contribution >= 4 is 5.97 Å². The van der Waals surface area contributed by atoms with Gasteiger partial charge in [0, 0.05) is 0 Å². The number of aliphatic hydroxyl groups excluding tert-OH is 2. The van der Waals surface area contributed by atoms with Gasteiger partial charge in [-0.25, -0.2) is 4.79 Å². The van der Waals surface area contributed by atoms with E-state index in [-0.39, 0.29) is 158 Å². The van der Waals surface area contributed by atoms with Crippen molar-refractivity contribution in [2.75, 3.05) is 6.61 Å². The van der Waals surface area contributed by atoms with E-state index in [0.29, 0.717) is 0 Å². The van der Waals surface area contributed by atoms with E-state index in [1.807, 2.05) is 0 Å². The zero-order chi connectivity index (χ0) is 5.86. The molecule has 0 fully saturated rings. The van der Waals surface area contributed by atoms with Crippen LogP contribution in [0.15, 0.2) is 0 Å². The Morgan fingerprint density at radius 3 is 1.70 bits per heavy atom. The van der Waals surface area contributed by atoms with Crippen LogP contribution in [0.4, 0.5) is 0 Å². The standard InChI is InChI=1S/C3H6O4.3K.3H/c4-1-2(5)3(6)7;;;;;;/h2,4-5H,1H2,(H,6,7);;;;;;/q;3*+1;3*-1. The van der Waals surface area contributed by atoms with E-state index >= 15 is 0 Å². The molecule has 0 saturated carbocycles. The second-order valence-electron chi connectivity index (χ2n) is 1.04. The molecule has 10 heavy (non-hydrogen) atoms. The molecule has 0 aromatic heterocycles. The predicted molar refractivity (Wildman–Crippen MR) is 24.1 cm³/mol. The molecule has 0 aromatic carbocycles. The minimum Gasteiger partial charge on any atom is -1.00 e. The van der Waals surface area contributed by atoms with Crippen molar-refractivity contribution in [3.8, 4) is 0 Å². The summed E-state index contributed by atoms with van der Waals surface area (Å²) in [4.78, 5) is 9.52. The Bertz CT molecular complexity index is 88.3. The molecule has 0 aliphatic carbocycles. The van der Waals surface area contributed by atoms with Crippen LogP contribution in [0.2, 0.25) is 0 Å². The fraction of sp³-hybridized carbons (Fsp3) is 0.667. The maximum absolute atomic E-state index is 9.52. The Hall–Kier alpha value is 4.30. The number of carboxylic acid groups (broad SMARTS) is 1. The molecule has 1 unspecified atom stereocenters. The van der Waals surface area contributed by atoms with Gasteiger partial charge in [0.15, 0.2) is 6.10 Å². The Labute approximate surface area is 191 Å². The topological polar surface area (TPSA) is 77.8 Å². The van der Waals surface area contributed by atoms with Gasteiger partial charge in [0.1, 0.15) is 0 Å². The zero-order valence-corrected chi connectivity index (χ0v) is 15.9. The van der Waals surface area contributed by atoms with Gasteiger partial charge in [-0.05, 0) is 0 Å². The van der Waals surface area contributed by atoms with E-state index in [1.54, 1.807) is 0 Å². The van der Waals surface area contributed by atoms with Crippen molar-refractivity contribution in [2.24, 2.45) is 0 Å². The van der Waals surface area contributed by atoms with Crippen LogP contribution in [0, 0.1) is 0 Å². The molecule has 0 aliphatic rings. The molecule has 0 aliphatic heterocycles. The monoisotopic (exact) mass is 226 g/mol. The smallest absolute Gasteiger partial charge is 1.00 e. The number of aliphatic hydroxyl groups is 2. The minimum atomic E-state index is -1.63. The molecule has 4 nitrogen and oxygen atoms in total. The average Bonchev–Trinajstić information content (AvgIpc) is 1.65. The molecule has 0 aromatic rings. The van der Waals surface area contributed by atoms with E-state index in [2.05, 4.69) is 0 Å². The molecule has 3 N–H and O–H groups in total. The van der Waals surface area contributed by atoms with E-state index < -0.39 is 18.7 Å². The first kappa shape index (κ1) is 23.8. The molecule has 0 saturated heterocycles. The number of hydrogen-bond donors (Lipinski definition) is 3. The Kier molecular flexibility index (Phi) is 37.6. The summed E-state index contributed by atoms with van der Waals surface area (Å²) in [6.45, 7) is -0.727. The van der Waals surface area contributed by atoms with Crippen molar-refractivity contribution in [3.63, 3.8) is 0 Å². The van der Waals surface area contributed by atoms with Crippen molar-refractivity contribution in [1.29, 1.82) is 0 Å². The maximum Gasteiger partial charge on any atom is 1.00 e. The van der Waals surface area contributed by atoms with Gasteiger partial charge >= 0.3 is 160 Å². The zero-order valence-electron chi connectivity index (χ0n) is 9.53. The van der Waals surface area contributed by atoms with E-state index in [1.165, 1.54) is 0 Å². The Morgan fingerprint density at radius 2 is 1.70 bits per heavy atom. The summed E-state index contributed by atoms with van der Waals surface area (Å²) in [5.41, 5.74) is 0. The first-order chi connectivity index (χ1) is 3.18. The van der Waals surface area contributed by atoms with Gasteiger partial charge in [0.05, 0.1) is 6.61 Å². The van der Waals surface area contributed by atoms with Crippen molar-refractivity contribution < 1.29 is 179 Å². The van der Waals surface area contributed by atoms with Crippen LogP contribution in [0.3, 0.4) is 0 Å². The van der Waals surface area contributed by atoms with Gasteiger partial charge < -0.3 is 19.6 Å². The van der Waals surface area contributed by atoms with Crippen molar-refractivity contribution in [1.82, 2.24) is 0 Å². The molecular weight excluding hydrogens is 217 g/mol. The number of carboxylic acids is 1. The Balaban J connectivity index is -0.0000000120. The van der Waals surface area contributed by atoms with Crippen LogP contribution in [-0.4, -0.2) is 34.0 Å². The molecule has 1 atom stereocenters. The molecular formula is C3H9K3O4. The maximum atomic E-state index is 9.52. The molecule has 7 heteroatoms. The van der Waals surface area contributed by atoms with Crippen molar-refractivity contribution in [2.45, 2.75) is 6.10 Å². The third-order valence-corrected chi connectivity index (χ3v) is 0.458. The SMILES string of the molecule is O=C(O)C(O)CO.[H-].[H-].[H-].[K+].[K+].[K+]. The second-order valence-corrected chi connectivity index (χ2v) is 1.04. The molecule has 0 bridgehead atoms. The summed E-state index contributed by atoms with van der Waals surface area (Å²) in [5.74, 6) is -1.40. The minimum absolute atomic E-state index is 0. The van der Waals surface area contributed by atoms with Crippen molar-refractivity contribution in [3.05, 3.63) is 0 Å². The van der Waals surface area contributed by atoms with Crippen LogP contribution in [0.1, 0.15) is 4.28 Å². The third-order valence-electron chi connectivity index (χ3n) is 0.458. The first-order valence-corrected chi connectivity index (χ1v) is 1.70. The summed E-state index contributed by atoms with van der Waals surface area (Å²) in [6, 6.07) is 0. The largest absolute Gasteiger partial charge is 1.00 e. The quantitative estimate of drug-likeness (QED) is 0.409. The van der Waals surface area contributed by atoms with Gasteiger partial charge in [0.2, 0.25) is 0 Å². The number of hydrogen-bond acceptors (Lipinski definition) is 3. The molecule has 0 amide bonds. The van der Waals surface area contributed by atoms with E-state index in [0.717, 1.165) is 0 Å². The van der Waals surface area contributed by atoms with Crippen LogP contribution in [0.25, 0.3) is 0 Å². The first-order valence-electron chi connectivity index (χ1n) is 1.70. The molecule has 48 valence electrons. The summed E-state index contributed by atoms with van der Waals surface area (Å²) in [6.07, 6.45) is -1.63. The van der Waals surface area contributed by atoms with E-state index in [9.17, 15) is 4.79 Å². The van der Waals surface area contributed by atoms with Gasteiger partial charge in [-0.1, -0.05) is 0 Å². The Morgan fingerprint density at radius 1 is 1.40 bits per heavy atom. The number of aliphatic carboxylic acids is 1. The third kappa shape index (κ3) is 14.8. The van der Waals surface area contributed by atoms with Gasteiger partial charge in [-0.3, -0.25) is 0 Å². The molecule has 0 radical (unpaired) electrons. The predicted octanol–water partition coefficient (Wildman–Crippen LogP) is -10.2. The average molecular weight is 226 g/mol. The van der Waals surface area contributed by atoms with Gasteiger partial charge in [0.25, 0.3) is 0 Å². The summed E-state index contributed by atoms with van der Waals surface area (Å²) in [7, 11) is 0. The number of rotatable bonds is 2. The summed E-state index contributed by atoms with van der Waals surface area (Å²) < 4.78 is 0. The van der Waals surface area contributed by atoms with Gasteiger partial charge in [-0.15, -0.1) is 0 Å². The van der Waals surface area contributed by atoms with Gasteiger partial charge in [-0.2, -0.15) is 0 Å². The van der Waals surface area contributed by atoms with Crippen LogP contribution >= 0.6 is 0 Å². The molecule has 0 heterocycles. The molecule has 0 rings (SSSR count). The fourth-order valence-electron chi connectivity index (χ4n) is 0.0781. The van der Waals surface area contributed by atoms with Crippen LogP contribution in [0.5, 0.6) is 0 Å². The molecule has 0 spiro atoms. The number of carbonyl (C=O) groups is 1. The second kappa shape index (κ2) is 15.8. The summed E-state index contributed by atoms with van der Waals surface area (Å²) in [5, 5.41) is 23.7. The summed E-state index contributed by atoms with van der Waals surface area (Å²) >= 11 is 0.